The van der Waals surface area contributed by atoms with E-state index in [9.17, 15) is 4.79 Å². The minimum Gasteiger partial charge on any atom is -0.459 e. The molecule has 0 aromatic carbocycles. The van der Waals surface area contributed by atoms with E-state index < -0.39 is 0 Å². The van der Waals surface area contributed by atoms with Gasteiger partial charge in [0.1, 0.15) is 6.10 Å². The molecule has 2 rings (SSSR count). The molecule has 2 heterocycles. The number of esters is 1. The van der Waals surface area contributed by atoms with Crippen molar-refractivity contribution in [3.8, 4) is 0 Å². The number of carbonyl (C=O) groups excluding carboxylic acids is 1. The van der Waals surface area contributed by atoms with Crippen LogP contribution in [0.3, 0.4) is 0 Å². The Kier molecular flexibility index (Phi) is 4.82. The first kappa shape index (κ1) is 14.2. The standard InChI is InChI=1S/C16H18N2O2/c1-3-14-11-18-8-6-15(14)16(19)20-12(2)9-13-5-4-7-17-10-13/h4-8,10-12H,3,9H2,1-2H3. The molecule has 2 aromatic heterocycles. The molecular weight excluding hydrogens is 252 g/mol. The van der Waals surface area contributed by atoms with E-state index in [1.165, 1.54) is 0 Å². The van der Waals surface area contributed by atoms with Crippen molar-refractivity contribution in [2.24, 2.45) is 0 Å². The van der Waals surface area contributed by atoms with Crippen LogP contribution in [0.25, 0.3) is 0 Å². The summed E-state index contributed by atoms with van der Waals surface area (Å²) in [7, 11) is 0. The van der Waals surface area contributed by atoms with Gasteiger partial charge in [0.05, 0.1) is 5.56 Å². The van der Waals surface area contributed by atoms with Gasteiger partial charge in [-0.05, 0) is 36.6 Å². The Labute approximate surface area is 118 Å². The zero-order chi connectivity index (χ0) is 14.4. The number of pyridine rings is 2. The molecule has 1 atom stereocenters. The van der Waals surface area contributed by atoms with Gasteiger partial charge in [-0.3, -0.25) is 9.97 Å². The van der Waals surface area contributed by atoms with Crippen molar-refractivity contribution in [1.29, 1.82) is 0 Å². The zero-order valence-corrected chi connectivity index (χ0v) is 11.7. The van der Waals surface area contributed by atoms with E-state index in [4.69, 9.17) is 4.74 Å². The fourth-order valence-corrected chi connectivity index (χ4v) is 2.05. The van der Waals surface area contributed by atoms with Crippen LogP contribution in [0.15, 0.2) is 43.0 Å². The highest BCUT2D eigenvalue weighted by Gasteiger charge is 2.15. The third kappa shape index (κ3) is 3.63. The van der Waals surface area contributed by atoms with Crippen LogP contribution in [-0.2, 0) is 17.6 Å². The summed E-state index contributed by atoms with van der Waals surface area (Å²) in [6.45, 7) is 3.88. The molecule has 0 aliphatic carbocycles. The van der Waals surface area contributed by atoms with Gasteiger partial charge in [-0.15, -0.1) is 0 Å². The van der Waals surface area contributed by atoms with Crippen molar-refractivity contribution in [2.75, 3.05) is 0 Å². The molecule has 0 aliphatic rings. The molecule has 0 spiro atoms. The Morgan fingerprint density at radius 2 is 2.05 bits per heavy atom. The van der Waals surface area contributed by atoms with Crippen LogP contribution < -0.4 is 0 Å². The van der Waals surface area contributed by atoms with E-state index >= 15 is 0 Å². The molecule has 2 aromatic rings. The van der Waals surface area contributed by atoms with Gasteiger partial charge in [0.25, 0.3) is 0 Å². The monoisotopic (exact) mass is 270 g/mol. The maximum atomic E-state index is 12.2. The van der Waals surface area contributed by atoms with Gasteiger partial charge < -0.3 is 4.74 Å². The second kappa shape index (κ2) is 6.80. The largest absolute Gasteiger partial charge is 0.459 e. The first-order valence-electron chi connectivity index (χ1n) is 6.73. The summed E-state index contributed by atoms with van der Waals surface area (Å²) in [5, 5.41) is 0. The van der Waals surface area contributed by atoms with Crippen molar-refractivity contribution in [1.82, 2.24) is 9.97 Å². The summed E-state index contributed by atoms with van der Waals surface area (Å²) in [6, 6.07) is 5.56. The first-order valence-corrected chi connectivity index (χ1v) is 6.73. The highest BCUT2D eigenvalue weighted by molar-refractivity contribution is 5.91. The van der Waals surface area contributed by atoms with E-state index in [1.54, 1.807) is 30.9 Å². The number of hydrogen-bond acceptors (Lipinski definition) is 4. The van der Waals surface area contributed by atoms with Crippen molar-refractivity contribution >= 4 is 5.97 Å². The van der Waals surface area contributed by atoms with E-state index in [0.717, 1.165) is 17.5 Å². The summed E-state index contributed by atoms with van der Waals surface area (Å²) in [5.41, 5.74) is 2.56. The normalized spacial score (nSPS) is 11.9. The molecular formula is C16H18N2O2. The Balaban J connectivity index is 2.00. The summed E-state index contributed by atoms with van der Waals surface area (Å²) >= 11 is 0. The number of ether oxygens (including phenoxy) is 1. The molecule has 0 saturated heterocycles. The molecule has 0 bridgehead atoms. The number of nitrogens with zero attached hydrogens (tertiary/aromatic N) is 2. The Morgan fingerprint density at radius 3 is 2.75 bits per heavy atom. The molecule has 0 fully saturated rings. The average Bonchev–Trinajstić information content (AvgIpc) is 2.48. The fraction of sp³-hybridized carbons (Fsp3) is 0.312. The summed E-state index contributed by atoms with van der Waals surface area (Å²) < 4.78 is 5.49. The van der Waals surface area contributed by atoms with Crippen LogP contribution in [0.5, 0.6) is 0 Å². The third-order valence-corrected chi connectivity index (χ3v) is 3.06. The van der Waals surface area contributed by atoms with Gasteiger partial charge in [-0.2, -0.15) is 0 Å². The molecule has 0 N–H and O–H groups in total. The lowest BCUT2D eigenvalue weighted by molar-refractivity contribution is 0.0341. The maximum Gasteiger partial charge on any atom is 0.338 e. The topological polar surface area (TPSA) is 52.1 Å². The van der Waals surface area contributed by atoms with Crippen LogP contribution in [0.1, 0.15) is 35.3 Å². The van der Waals surface area contributed by atoms with Gasteiger partial charge in [0.15, 0.2) is 0 Å². The van der Waals surface area contributed by atoms with Crippen LogP contribution in [0.2, 0.25) is 0 Å². The highest BCUT2D eigenvalue weighted by Crippen LogP contribution is 2.12. The predicted octanol–water partition coefficient (Wildman–Crippen LogP) is 2.83. The fourth-order valence-electron chi connectivity index (χ4n) is 2.05. The lowest BCUT2D eigenvalue weighted by atomic mass is 10.1. The molecule has 4 nitrogen and oxygen atoms in total. The summed E-state index contributed by atoms with van der Waals surface area (Å²) in [4.78, 5) is 20.2. The molecule has 20 heavy (non-hydrogen) atoms. The number of carbonyl (C=O) groups is 1. The van der Waals surface area contributed by atoms with Crippen LogP contribution >= 0.6 is 0 Å². The van der Waals surface area contributed by atoms with Crippen LogP contribution in [0, 0.1) is 0 Å². The lowest BCUT2D eigenvalue weighted by Gasteiger charge is -2.14. The molecule has 104 valence electrons. The Hall–Kier alpha value is -2.23. The second-order valence-electron chi connectivity index (χ2n) is 4.67. The highest BCUT2D eigenvalue weighted by atomic mass is 16.5. The van der Waals surface area contributed by atoms with Crippen molar-refractivity contribution in [2.45, 2.75) is 32.8 Å². The number of rotatable bonds is 5. The summed E-state index contributed by atoms with van der Waals surface area (Å²) in [6.07, 6.45) is 8.06. The SMILES string of the molecule is CCc1cnccc1C(=O)OC(C)Cc1cccnc1. The Morgan fingerprint density at radius 1 is 1.25 bits per heavy atom. The third-order valence-electron chi connectivity index (χ3n) is 3.06. The minimum atomic E-state index is -0.291. The molecule has 0 saturated carbocycles. The van der Waals surface area contributed by atoms with Crippen molar-refractivity contribution < 1.29 is 9.53 Å². The van der Waals surface area contributed by atoms with Crippen LogP contribution in [-0.4, -0.2) is 22.0 Å². The van der Waals surface area contributed by atoms with Gasteiger partial charge in [0, 0.05) is 31.2 Å². The van der Waals surface area contributed by atoms with E-state index in [-0.39, 0.29) is 12.1 Å². The van der Waals surface area contributed by atoms with Gasteiger partial charge >= 0.3 is 5.97 Å². The zero-order valence-electron chi connectivity index (χ0n) is 11.7. The number of aromatic nitrogens is 2. The molecule has 0 aliphatic heterocycles. The van der Waals surface area contributed by atoms with E-state index in [2.05, 4.69) is 9.97 Å². The number of aryl methyl sites for hydroxylation is 1. The smallest absolute Gasteiger partial charge is 0.338 e. The van der Waals surface area contributed by atoms with Gasteiger partial charge in [-0.1, -0.05) is 13.0 Å². The minimum absolute atomic E-state index is 0.190. The average molecular weight is 270 g/mol. The lowest BCUT2D eigenvalue weighted by Crippen LogP contribution is -2.18. The van der Waals surface area contributed by atoms with E-state index in [1.807, 2.05) is 26.0 Å². The van der Waals surface area contributed by atoms with Crippen LogP contribution in [0.4, 0.5) is 0 Å². The quantitative estimate of drug-likeness (QED) is 0.784. The predicted molar refractivity (Wildman–Crippen MR) is 76.4 cm³/mol. The number of hydrogen-bond donors (Lipinski definition) is 0. The first-order chi connectivity index (χ1) is 9.70. The van der Waals surface area contributed by atoms with Crippen molar-refractivity contribution in [3.63, 3.8) is 0 Å². The van der Waals surface area contributed by atoms with E-state index in [0.29, 0.717) is 12.0 Å². The maximum absolute atomic E-state index is 12.2. The molecule has 0 radical (unpaired) electrons. The van der Waals surface area contributed by atoms with Gasteiger partial charge in [0.2, 0.25) is 0 Å². The molecule has 4 heteroatoms. The molecule has 1 unspecified atom stereocenters. The summed E-state index contributed by atoms with van der Waals surface area (Å²) in [5.74, 6) is -0.291. The van der Waals surface area contributed by atoms with Crippen molar-refractivity contribution in [3.05, 3.63) is 59.7 Å². The second-order valence-corrected chi connectivity index (χ2v) is 4.67. The Bertz CT molecular complexity index is 570. The molecule has 0 amide bonds. The van der Waals surface area contributed by atoms with Gasteiger partial charge in [-0.25, -0.2) is 4.79 Å².